The van der Waals surface area contributed by atoms with Gasteiger partial charge in [0.15, 0.2) is 16.6 Å². The fourth-order valence-electron chi connectivity index (χ4n) is 2.95. The van der Waals surface area contributed by atoms with Gasteiger partial charge in [-0.2, -0.15) is 0 Å². The van der Waals surface area contributed by atoms with Crippen molar-refractivity contribution in [2.24, 2.45) is 0 Å². The van der Waals surface area contributed by atoms with Crippen molar-refractivity contribution < 1.29 is 19.1 Å². The maximum absolute atomic E-state index is 13.1. The highest BCUT2D eigenvalue weighted by molar-refractivity contribution is 7.80. The summed E-state index contributed by atoms with van der Waals surface area (Å²) in [6.45, 7) is 3.82. The van der Waals surface area contributed by atoms with Crippen LogP contribution >= 0.6 is 12.2 Å². The van der Waals surface area contributed by atoms with E-state index in [9.17, 15) is 9.59 Å². The van der Waals surface area contributed by atoms with Gasteiger partial charge in [0, 0.05) is 0 Å². The third-order valence-electron chi connectivity index (χ3n) is 4.43. The summed E-state index contributed by atoms with van der Waals surface area (Å²) >= 11 is 5.27. The minimum absolute atomic E-state index is 0.0123. The summed E-state index contributed by atoms with van der Waals surface area (Å²) in [6, 6.07) is 10.9. The van der Waals surface area contributed by atoms with E-state index in [2.05, 4.69) is 5.32 Å². The number of methoxy groups -OCH3 is 2. The Kier molecular flexibility index (Phi) is 5.46. The van der Waals surface area contributed by atoms with Gasteiger partial charge in [-0.05, 0) is 67.0 Å². The van der Waals surface area contributed by atoms with Gasteiger partial charge in [0.05, 0.1) is 19.9 Å². The number of rotatable bonds is 4. The molecule has 1 saturated heterocycles. The molecule has 1 N–H and O–H groups in total. The first-order chi connectivity index (χ1) is 13.3. The fraction of sp³-hybridized carbons (Fsp3) is 0.190. The maximum atomic E-state index is 13.1. The van der Waals surface area contributed by atoms with Crippen LogP contribution in [0.2, 0.25) is 0 Å². The summed E-state index contributed by atoms with van der Waals surface area (Å²) in [5, 5.41) is 2.66. The minimum atomic E-state index is -0.536. The summed E-state index contributed by atoms with van der Waals surface area (Å²) in [4.78, 5) is 27.0. The SMILES string of the molecule is COc1ccc(/C=C2\C(=O)NC(=S)N(c3cc(C)ccc3C)C2=O)cc1OC. The monoisotopic (exact) mass is 396 g/mol. The second-order valence-corrected chi connectivity index (χ2v) is 6.75. The van der Waals surface area contributed by atoms with Crippen molar-refractivity contribution in [3.8, 4) is 11.5 Å². The van der Waals surface area contributed by atoms with Crippen molar-refractivity contribution in [3.63, 3.8) is 0 Å². The van der Waals surface area contributed by atoms with Crippen LogP contribution in [0.25, 0.3) is 6.08 Å². The molecule has 0 aromatic heterocycles. The number of carbonyl (C=O) groups excluding carboxylic acids is 2. The highest BCUT2D eigenvalue weighted by Crippen LogP contribution is 2.30. The van der Waals surface area contributed by atoms with E-state index in [0.29, 0.717) is 22.7 Å². The van der Waals surface area contributed by atoms with Gasteiger partial charge in [-0.1, -0.05) is 18.2 Å². The topological polar surface area (TPSA) is 67.9 Å². The second kappa shape index (κ2) is 7.82. The normalized spacial score (nSPS) is 15.6. The van der Waals surface area contributed by atoms with Gasteiger partial charge in [0.2, 0.25) is 0 Å². The molecule has 1 aliphatic heterocycles. The van der Waals surface area contributed by atoms with Crippen LogP contribution in [0.3, 0.4) is 0 Å². The summed E-state index contributed by atoms with van der Waals surface area (Å²) in [5.41, 5.74) is 3.13. The molecule has 0 aliphatic carbocycles. The number of hydrogen-bond acceptors (Lipinski definition) is 5. The maximum Gasteiger partial charge on any atom is 0.270 e. The Morgan fingerprint density at radius 2 is 1.71 bits per heavy atom. The highest BCUT2D eigenvalue weighted by Gasteiger charge is 2.35. The molecule has 144 valence electrons. The van der Waals surface area contributed by atoms with Crippen LogP contribution < -0.4 is 19.7 Å². The predicted molar refractivity (Wildman–Crippen MR) is 112 cm³/mol. The van der Waals surface area contributed by atoms with Crippen LogP contribution in [0.5, 0.6) is 11.5 Å². The van der Waals surface area contributed by atoms with Crippen molar-refractivity contribution in [1.82, 2.24) is 5.32 Å². The third-order valence-corrected chi connectivity index (χ3v) is 4.71. The number of carbonyl (C=O) groups is 2. The van der Waals surface area contributed by atoms with E-state index >= 15 is 0 Å². The van der Waals surface area contributed by atoms with Crippen LogP contribution in [0.4, 0.5) is 5.69 Å². The lowest BCUT2D eigenvalue weighted by molar-refractivity contribution is -0.122. The second-order valence-electron chi connectivity index (χ2n) is 6.36. The smallest absolute Gasteiger partial charge is 0.270 e. The van der Waals surface area contributed by atoms with E-state index in [1.165, 1.54) is 25.2 Å². The zero-order valence-electron chi connectivity index (χ0n) is 16.0. The summed E-state index contributed by atoms with van der Waals surface area (Å²) in [5.74, 6) is 0.0493. The van der Waals surface area contributed by atoms with Crippen molar-refractivity contribution in [3.05, 3.63) is 58.7 Å². The number of anilines is 1. The zero-order chi connectivity index (χ0) is 20.4. The molecule has 2 aromatic rings. The molecule has 0 saturated carbocycles. The third kappa shape index (κ3) is 3.61. The van der Waals surface area contributed by atoms with E-state index < -0.39 is 11.8 Å². The molecule has 28 heavy (non-hydrogen) atoms. The lowest BCUT2D eigenvalue weighted by atomic mass is 10.0. The Balaban J connectivity index is 2.05. The molecule has 0 spiro atoms. The Morgan fingerprint density at radius 1 is 1.00 bits per heavy atom. The minimum Gasteiger partial charge on any atom is -0.493 e. The average molecular weight is 396 g/mol. The van der Waals surface area contributed by atoms with Gasteiger partial charge in [0.25, 0.3) is 11.8 Å². The number of hydrogen-bond donors (Lipinski definition) is 1. The zero-order valence-corrected chi connectivity index (χ0v) is 16.8. The van der Waals surface area contributed by atoms with Gasteiger partial charge in [-0.25, -0.2) is 0 Å². The van der Waals surface area contributed by atoms with Crippen molar-refractivity contribution >= 4 is 40.9 Å². The molecule has 3 rings (SSSR count). The molecule has 0 bridgehead atoms. The van der Waals surface area contributed by atoms with Gasteiger partial charge < -0.3 is 9.47 Å². The Labute approximate surface area is 168 Å². The number of amides is 2. The first kappa shape index (κ1) is 19.6. The van der Waals surface area contributed by atoms with Gasteiger partial charge >= 0.3 is 0 Å². The van der Waals surface area contributed by atoms with Crippen molar-refractivity contribution in [2.45, 2.75) is 13.8 Å². The molecule has 1 heterocycles. The molecule has 0 atom stereocenters. The van der Waals surface area contributed by atoms with Gasteiger partial charge in [-0.3, -0.25) is 19.8 Å². The summed E-state index contributed by atoms with van der Waals surface area (Å²) in [7, 11) is 3.06. The molecule has 0 radical (unpaired) electrons. The predicted octanol–water partition coefficient (Wildman–Crippen LogP) is 3.15. The summed E-state index contributed by atoms with van der Waals surface area (Å²) < 4.78 is 10.5. The average Bonchev–Trinajstić information content (AvgIpc) is 2.67. The first-order valence-corrected chi connectivity index (χ1v) is 8.97. The number of nitrogens with zero attached hydrogens (tertiary/aromatic N) is 1. The van der Waals surface area contributed by atoms with E-state index in [-0.39, 0.29) is 10.7 Å². The fourth-order valence-corrected chi connectivity index (χ4v) is 3.22. The standard InChI is InChI=1S/C21H20N2O4S/c1-12-5-6-13(2)16(9-12)23-20(25)15(19(24)22-21(23)28)10-14-7-8-17(26-3)18(11-14)27-4/h5-11H,1-4H3,(H,22,24,28)/b15-10+. The largest absolute Gasteiger partial charge is 0.493 e. The lowest BCUT2D eigenvalue weighted by Gasteiger charge is -2.30. The number of aryl methyl sites for hydroxylation is 2. The molecular weight excluding hydrogens is 376 g/mol. The quantitative estimate of drug-likeness (QED) is 0.489. The molecule has 0 unspecified atom stereocenters. The molecular formula is C21H20N2O4S. The van der Waals surface area contributed by atoms with Crippen LogP contribution in [-0.4, -0.2) is 31.1 Å². The van der Waals surface area contributed by atoms with Crippen molar-refractivity contribution in [2.75, 3.05) is 19.1 Å². The lowest BCUT2D eigenvalue weighted by Crippen LogP contribution is -2.54. The van der Waals surface area contributed by atoms with E-state index in [1.807, 2.05) is 32.0 Å². The first-order valence-electron chi connectivity index (χ1n) is 8.56. The van der Waals surface area contributed by atoms with Crippen LogP contribution in [0.15, 0.2) is 42.0 Å². The molecule has 2 aromatic carbocycles. The van der Waals surface area contributed by atoms with Crippen LogP contribution in [0, 0.1) is 13.8 Å². The van der Waals surface area contributed by atoms with Gasteiger partial charge in [-0.15, -0.1) is 0 Å². The van der Waals surface area contributed by atoms with Gasteiger partial charge in [0.1, 0.15) is 5.57 Å². The van der Waals surface area contributed by atoms with Crippen molar-refractivity contribution in [1.29, 1.82) is 0 Å². The Bertz CT molecular complexity index is 1010. The molecule has 2 amide bonds. The molecule has 7 heteroatoms. The van der Waals surface area contributed by atoms with Crippen LogP contribution in [0.1, 0.15) is 16.7 Å². The number of nitrogens with one attached hydrogen (secondary N) is 1. The molecule has 1 aliphatic rings. The highest BCUT2D eigenvalue weighted by atomic mass is 32.1. The molecule has 1 fully saturated rings. The van der Waals surface area contributed by atoms with E-state index in [4.69, 9.17) is 21.7 Å². The number of thiocarbonyl (C=S) groups is 1. The van der Waals surface area contributed by atoms with E-state index in [1.54, 1.807) is 18.2 Å². The summed E-state index contributed by atoms with van der Waals surface area (Å²) in [6.07, 6.45) is 1.51. The number of benzene rings is 2. The van der Waals surface area contributed by atoms with E-state index in [0.717, 1.165) is 11.1 Å². The number of ether oxygens (including phenoxy) is 2. The Morgan fingerprint density at radius 3 is 2.39 bits per heavy atom. The van der Waals surface area contributed by atoms with Crippen LogP contribution in [-0.2, 0) is 9.59 Å². The molecule has 6 nitrogen and oxygen atoms in total. The Hall–Kier alpha value is -3.19.